The van der Waals surface area contributed by atoms with E-state index in [0.717, 1.165) is 8.66 Å². The normalized spacial score (nSPS) is 10.7. The van der Waals surface area contributed by atoms with Crippen LogP contribution in [0.15, 0.2) is 22.0 Å². The molecule has 0 saturated carbocycles. The van der Waals surface area contributed by atoms with E-state index in [2.05, 4.69) is 15.9 Å². The third-order valence-electron chi connectivity index (χ3n) is 1.08. The molecule has 0 saturated heterocycles. The Balaban J connectivity index is 2.71. The molecule has 1 aromatic rings. The van der Waals surface area contributed by atoms with Gasteiger partial charge in [0, 0.05) is 4.88 Å². The third-order valence-corrected chi connectivity index (χ3v) is 2.67. The zero-order valence-corrected chi connectivity index (χ0v) is 8.41. The molecule has 0 bridgehead atoms. The van der Waals surface area contributed by atoms with E-state index in [1.165, 1.54) is 0 Å². The van der Waals surface area contributed by atoms with Gasteiger partial charge in [-0.3, -0.25) is 4.79 Å². The minimum absolute atomic E-state index is 0.0783. The molecule has 0 unspecified atom stereocenters. The Morgan fingerprint density at radius 2 is 2.36 bits per heavy atom. The maximum absolute atomic E-state index is 10.5. The van der Waals surface area contributed by atoms with Crippen molar-refractivity contribution in [3.63, 3.8) is 0 Å². The minimum Gasteiger partial charge on any atom is -0.295 e. The second kappa shape index (κ2) is 3.83. The molecular weight excluding hydrogens is 224 g/mol. The molecule has 58 valence electrons. The molecular formula is C8H7BrOS. The van der Waals surface area contributed by atoms with Crippen LogP contribution in [-0.4, -0.2) is 5.78 Å². The molecule has 1 rings (SSSR count). The first-order chi connectivity index (χ1) is 5.18. The topological polar surface area (TPSA) is 17.1 Å². The molecule has 0 aromatic carbocycles. The molecule has 0 radical (unpaired) electrons. The molecule has 11 heavy (non-hydrogen) atoms. The molecule has 1 nitrogen and oxygen atoms in total. The van der Waals surface area contributed by atoms with Crippen molar-refractivity contribution >= 4 is 39.1 Å². The lowest BCUT2D eigenvalue weighted by Crippen LogP contribution is -1.77. The van der Waals surface area contributed by atoms with E-state index in [1.807, 2.05) is 18.2 Å². The van der Waals surface area contributed by atoms with Crippen LogP contribution in [0.2, 0.25) is 0 Å². The lowest BCUT2D eigenvalue weighted by Gasteiger charge is -1.80. The summed E-state index contributed by atoms with van der Waals surface area (Å²) in [7, 11) is 0. The third kappa shape index (κ3) is 2.99. The van der Waals surface area contributed by atoms with Crippen LogP contribution in [0.25, 0.3) is 6.08 Å². The molecule has 0 aliphatic heterocycles. The van der Waals surface area contributed by atoms with Gasteiger partial charge in [0.05, 0.1) is 3.79 Å². The molecule has 1 heterocycles. The smallest absolute Gasteiger partial charge is 0.152 e. The first-order valence-electron chi connectivity index (χ1n) is 3.12. The molecule has 3 heteroatoms. The number of thiophene rings is 1. The van der Waals surface area contributed by atoms with Crippen molar-refractivity contribution in [1.29, 1.82) is 0 Å². The SMILES string of the molecule is CC(=O)/C=C/c1ccc(Br)s1. The van der Waals surface area contributed by atoms with Crippen molar-refractivity contribution in [2.24, 2.45) is 0 Å². The van der Waals surface area contributed by atoms with Gasteiger partial charge in [-0.1, -0.05) is 0 Å². The summed E-state index contributed by atoms with van der Waals surface area (Å²) in [6.07, 6.45) is 3.38. The van der Waals surface area contributed by atoms with Gasteiger partial charge in [-0.2, -0.15) is 0 Å². The lowest BCUT2D eigenvalue weighted by molar-refractivity contribution is -0.112. The summed E-state index contributed by atoms with van der Waals surface area (Å²) in [4.78, 5) is 11.6. The summed E-state index contributed by atoms with van der Waals surface area (Å²) >= 11 is 4.95. The summed E-state index contributed by atoms with van der Waals surface area (Å²) in [5, 5.41) is 0. The molecule has 1 aromatic heterocycles. The van der Waals surface area contributed by atoms with Crippen LogP contribution in [-0.2, 0) is 4.79 Å². The molecule has 0 fully saturated rings. The lowest BCUT2D eigenvalue weighted by atomic mass is 10.3. The van der Waals surface area contributed by atoms with Gasteiger partial charge in [-0.25, -0.2) is 0 Å². The van der Waals surface area contributed by atoms with Gasteiger partial charge in [0.1, 0.15) is 0 Å². The number of carbonyl (C=O) groups is 1. The highest BCUT2D eigenvalue weighted by Gasteiger charge is 1.92. The second-order valence-electron chi connectivity index (χ2n) is 2.09. The fourth-order valence-corrected chi connectivity index (χ4v) is 1.94. The molecule has 0 atom stereocenters. The van der Waals surface area contributed by atoms with Crippen molar-refractivity contribution in [2.45, 2.75) is 6.92 Å². The van der Waals surface area contributed by atoms with Crippen molar-refractivity contribution in [2.75, 3.05) is 0 Å². The van der Waals surface area contributed by atoms with E-state index in [-0.39, 0.29) is 5.78 Å². The molecule has 0 spiro atoms. The summed E-state index contributed by atoms with van der Waals surface area (Å²) in [5.74, 6) is 0.0783. The van der Waals surface area contributed by atoms with E-state index < -0.39 is 0 Å². The number of allylic oxidation sites excluding steroid dienone is 1. The maximum atomic E-state index is 10.5. The Morgan fingerprint density at radius 1 is 1.64 bits per heavy atom. The average molecular weight is 231 g/mol. The van der Waals surface area contributed by atoms with Crippen LogP contribution in [0.3, 0.4) is 0 Å². The Bertz CT molecular complexity index is 288. The first-order valence-corrected chi connectivity index (χ1v) is 4.73. The zero-order valence-electron chi connectivity index (χ0n) is 6.00. The molecule has 0 aliphatic carbocycles. The van der Waals surface area contributed by atoms with Crippen LogP contribution in [0.5, 0.6) is 0 Å². The zero-order chi connectivity index (χ0) is 8.27. The number of halogens is 1. The monoisotopic (exact) mass is 230 g/mol. The molecule has 0 amide bonds. The standard InChI is InChI=1S/C8H7BrOS/c1-6(10)2-3-7-4-5-8(9)11-7/h2-5H,1H3/b3-2+. The largest absolute Gasteiger partial charge is 0.295 e. The second-order valence-corrected chi connectivity index (χ2v) is 4.58. The number of carbonyl (C=O) groups excluding carboxylic acids is 1. The summed E-state index contributed by atoms with van der Waals surface area (Å²) in [6.45, 7) is 1.54. The number of rotatable bonds is 2. The highest BCUT2D eigenvalue weighted by atomic mass is 79.9. The van der Waals surface area contributed by atoms with E-state index >= 15 is 0 Å². The predicted octanol–water partition coefficient (Wildman–Crippen LogP) is 3.11. The van der Waals surface area contributed by atoms with Crippen molar-refractivity contribution in [3.8, 4) is 0 Å². The van der Waals surface area contributed by atoms with Gasteiger partial charge in [0.2, 0.25) is 0 Å². The van der Waals surface area contributed by atoms with Gasteiger partial charge < -0.3 is 0 Å². The maximum Gasteiger partial charge on any atom is 0.152 e. The highest BCUT2D eigenvalue weighted by molar-refractivity contribution is 9.11. The Kier molecular flexibility index (Phi) is 3.02. The predicted molar refractivity (Wildman–Crippen MR) is 51.7 cm³/mol. The molecule has 0 N–H and O–H groups in total. The van der Waals surface area contributed by atoms with Gasteiger partial charge in [0.15, 0.2) is 5.78 Å². The van der Waals surface area contributed by atoms with Gasteiger partial charge in [-0.15, -0.1) is 11.3 Å². The fraction of sp³-hybridized carbons (Fsp3) is 0.125. The summed E-state index contributed by atoms with van der Waals surface area (Å²) < 4.78 is 1.08. The van der Waals surface area contributed by atoms with Crippen LogP contribution in [0, 0.1) is 0 Å². The Labute approximate surface area is 77.9 Å². The van der Waals surface area contributed by atoms with Crippen LogP contribution in [0.4, 0.5) is 0 Å². The average Bonchev–Trinajstić information content (AvgIpc) is 2.31. The van der Waals surface area contributed by atoms with Crippen molar-refractivity contribution < 1.29 is 4.79 Å². The first kappa shape index (κ1) is 8.68. The highest BCUT2D eigenvalue weighted by Crippen LogP contribution is 2.22. The summed E-state index contributed by atoms with van der Waals surface area (Å²) in [5.41, 5.74) is 0. The van der Waals surface area contributed by atoms with Crippen molar-refractivity contribution in [3.05, 3.63) is 26.9 Å². The Hall–Kier alpha value is -0.410. The minimum atomic E-state index is 0.0783. The summed E-state index contributed by atoms with van der Waals surface area (Å²) in [6, 6.07) is 3.93. The molecule has 0 aliphatic rings. The van der Waals surface area contributed by atoms with Crippen LogP contribution < -0.4 is 0 Å². The van der Waals surface area contributed by atoms with Crippen LogP contribution in [0.1, 0.15) is 11.8 Å². The van der Waals surface area contributed by atoms with Gasteiger partial charge >= 0.3 is 0 Å². The number of hydrogen-bond acceptors (Lipinski definition) is 2. The van der Waals surface area contributed by atoms with Crippen molar-refractivity contribution in [1.82, 2.24) is 0 Å². The van der Waals surface area contributed by atoms with Gasteiger partial charge in [0.25, 0.3) is 0 Å². The number of hydrogen-bond donors (Lipinski definition) is 0. The van der Waals surface area contributed by atoms with E-state index in [4.69, 9.17) is 0 Å². The van der Waals surface area contributed by atoms with E-state index in [1.54, 1.807) is 24.3 Å². The van der Waals surface area contributed by atoms with Gasteiger partial charge in [-0.05, 0) is 47.1 Å². The fourth-order valence-electron chi connectivity index (χ4n) is 0.617. The van der Waals surface area contributed by atoms with E-state index in [0.29, 0.717) is 0 Å². The quantitative estimate of drug-likeness (QED) is 0.714. The number of ketones is 1. The van der Waals surface area contributed by atoms with E-state index in [9.17, 15) is 4.79 Å². The Morgan fingerprint density at radius 3 is 2.82 bits per heavy atom. The van der Waals surface area contributed by atoms with Crippen LogP contribution >= 0.6 is 27.3 Å².